The molecule has 4 heteroatoms. The summed E-state index contributed by atoms with van der Waals surface area (Å²) in [6.07, 6.45) is 6.00. The van der Waals surface area contributed by atoms with Gasteiger partial charge in [-0.2, -0.15) is 0 Å². The lowest BCUT2D eigenvalue weighted by molar-refractivity contribution is 0.320. The number of benzene rings is 1. The standard InChI is InChI=1S/C14H17BrO3/c1-6-7-9(2)10-8-11(15)13(17-4)14(18-5)12(10)16-3/h1,8-9H,7H2,2-5H3. The molecule has 0 spiro atoms. The lowest BCUT2D eigenvalue weighted by Crippen LogP contribution is -2.02. The molecule has 0 radical (unpaired) electrons. The maximum atomic E-state index is 5.44. The van der Waals surface area contributed by atoms with Crippen molar-refractivity contribution in [2.24, 2.45) is 0 Å². The third kappa shape index (κ3) is 2.73. The zero-order chi connectivity index (χ0) is 13.7. The molecule has 1 aromatic carbocycles. The molecule has 98 valence electrons. The molecule has 0 saturated heterocycles. The van der Waals surface area contributed by atoms with Crippen molar-refractivity contribution in [2.75, 3.05) is 21.3 Å². The summed E-state index contributed by atoms with van der Waals surface area (Å²) in [6, 6.07) is 1.96. The number of methoxy groups -OCH3 is 3. The fourth-order valence-electron chi connectivity index (χ4n) is 1.85. The SMILES string of the molecule is C#CCC(C)c1cc(Br)c(OC)c(OC)c1OC. The van der Waals surface area contributed by atoms with Crippen molar-refractivity contribution in [1.29, 1.82) is 0 Å². The topological polar surface area (TPSA) is 27.7 Å². The summed E-state index contributed by atoms with van der Waals surface area (Å²) in [5, 5.41) is 0. The van der Waals surface area contributed by atoms with Crippen molar-refractivity contribution in [1.82, 2.24) is 0 Å². The van der Waals surface area contributed by atoms with Gasteiger partial charge in [-0.1, -0.05) is 6.92 Å². The Hall–Kier alpha value is -1.34. The first-order valence-electron chi connectivity index (χ1n) is 5.52. The first-order valence-corrected chi connectivity index (χ1v) is 6.31. The van der Waals surface area contributed by atoms with Crippen molar-refractivity contribution >= 4 is 15.9 Å². The molecule has 0 bridgehead atoms. The van der Waals surface area contributed by atoms with Crippen molar-refractivity contribution in [3.8, 4) is 29.6 Å². The van der Waals surface area contributed by atoms with Gasteiger partial charge in [0, 0.05) is 12.0 Å². The molecule has 0 aliphatic heterocycles. The van der Waals surface area contributed by atoms with Crippen LogP contribution in [-0.2, 0) is 0 Å². The molecular formula is C14H17BrO3. The molecule has 0 aliphatic rings. The summed E-state index contributed by atoms with van der Waals surface area (Å²) >= 11 is 3.47. The van der Waals surface area contributed by atoms with Crippen LogP contribution in [-0.4, -0.2) is 21.3 Å². The molecule has 0 aliphatic carbocycles. The van der Waals surface area contributed by atoms with Crippen LogP contribution in [0.15, 0.2) is 10.5 Å². The highest BCUT2D eigenvalue weighted by Crippen LogP contribution is 2.47. The zero-order valence-electron chi connectivity index (χ0n) is 11.0. The number of hydrogen-bond donors (Lipinski definition) is 0. The fourth-order valence-corrected chi connectivity index (χ4v) is 2.44. The molecule has 0 N–H and O–H groups in total. The van der Waals surface area contributed by atoms with Gasteiger partial charge >= 0.3 is 0 Å². The Morgan fingerprint density at radius 1 is 1.17 bits per heavy atom. The summed E-state index contributed by atoms with van der Waals surface area (Å²) in [5.74, 6) is 4.70. The third-order valence-corrected chi connectivity index (χ3v) is 3.33. The molecule has 18 heavy (non-hydrogen) atoms. The van der Waals surface area contributed by atoms with E-state index in [1.54, 1.807) is 21.3 Å². The van der Waals surface area contributed by atoms with Gasteiger partial charge in [0.25, 0.3) is 0 Å². The van der Waals surface area contributed by atoms with E-state index in [4.69, 9.17) is 20.6 Å². The van der Waals surface area contributed by atoms with E-state index in [1.165, 1.54) is 0 Å². The van der Waals surface area contributed by atoms with E-state index < -0.39 is 0 Å². The minimum Gasteiger partial charge on any atom is -0.492 e. The Morgan fingerprint density at radius 3 is 2.17 bits per heavy atom. The van der Waals surface area contributed by atoms with Crippen LogP contribution >= 0.6 is 15.9 Å². The van der Waals surface area contributed by atoms with Crippen LogP contribution in [0, 0.1) is 12.3 Å². The Labute approximate surface area is 117 Å². The molecule has 0 aromatic heterocycles. The van der Waals surface area contributed by atoms with Gasteiger partial charge in [0.2, 0.25) is 5.75 Å². The van der Waals surface area contributed by atoms with E-state index in [2.05, 4.69) is 28.8 Å². The monoisotopic (exact) mass is 312 g/mol. The van der Waals surface area contributed by atoms with Gasteiger partial charge in [0.15, 0.2) is 11.5 Å². The highest BCUT2D eigenvalue weighted by Gasteiger charge is 2.22. The molecule has 0 saturated carbocycles. The van der Waals surface area contributed by atoms with Crippen LogP contribution in [0.3, 0.4) is 0 Å². The van der Waals surface area contributed by atoms with Crippen LogP contribution < -0.4 is 14.2 Å². The number of hydrogen-bond acceptors (Lipinski definition) is 3. The lowest BCUT2D eigenvalue weighted by Gasteiger charge is -2.19. The lowest BCUT2D eigenvalue weighted by atomic mass is 9.96. The smallest absolute Gasteiger partial charge is 0.204 e. The minimum absolute atomic E-state index is 0.182. The molecule has 1 aromatic rings. The van der Waals surface area contributed by atoms with Gasteiger partial charge in [-0.3, -0.25) is 0 Å². The highest BCUT2D eigenvalue weighted by atomic mass is 79.9. The first-order chi connectivity index (χ1) is 8.60. The van der Waals surface area contributed by atoms with Gasteiger partial charge in [-0.05, 0) is 27.9 Å². The molecule has 1 rings (SSSR count). The van der Waals surface area contributed by atoms with Gasteiger partial charge in [0.05, 0.1) is 25.8 Å². The van der Waals surface area contributed by atoms with Crippen molar-refractivity contribution < 1.29 is 14.2 Å². The number of ether oxygens (including phenoxy) is 3. The normalized spacial score (nSPS) is 11.6. The van der Waals surface area contributed by atoms with Crippen molar-refractivity contribution in [2.45, 2.75) is 19.3 Å². The fraction of sp³-hybridized carbons (Fsp3) is 0.429. The number of terminal acetylenes is 1. The predicted octanol–water partition coefficient (Wildman–Crippen LogP) is 3.60. The van der Waals surface area contributed by atoms with E-state index in [0.717, 1.165) is 10.0 Å². The maximum absolute atomic E-state index is 5.44. The summed E-state index contributed by atoms with van der Waals surface area (Å²) in [5.41, 5.74) is 1.000. The van der Waals surface area contributed by atoms with Crippen LogP contribution in [0.5, 0.6) is 17.2 Å². The molecule has 0 heterocycles. The Morgan fingerprint density at radius 2 is 1.72 bits per heavy atom. The summed E-state index contributed by atoms with van der Waals surface area (Å²) in [7, 11) is 4.78. The van der Waals surface area contributed by atoms with E-state index in [9.17, 15) is 0 Å². The molecular weight excluding hydrogens is 296 g/mol. The minimum atomic E-state index is 0.182. The second-order valence-electron chi connectivity index (χ2n) is 3.86. The zero-order valence-corrected chi connectivity index (χ0v) is 12.6. The summed E-state index contributed by atoms with van der Waals surface area (Å²) in [6.45, 7) is 2.05. The average Bonchev–Trinajstić information content (AvgIpc) is 2.37. The van der Waals surface area contributed by atoms with Gasteiger partial charge in [-0.15, -0.1) is 12.3 Å². The average molecular weight is 313 g/mol. The number of halogens is 1. The molecule has 1 atom stereocenters. The second-order valence-corrected chi connectivity index (χ2v) is 4.71. The maximum Gasteiger partial charge on any atom is 0.204 e. The third-order valence-electron chi connectivity index (χ3n) is 2.74. The number of rotatable bonds is 5. The first kappa shape index (κ1) is 14.7. The van der Waals surface area contributed by atoms with Crippen LogP contribution in [0.25, 0.3) is 0 Å². The Bertz CT molecular complexity index is 463. The van der Waals surface area contributed by atoms with Gasteiger partial charge in [-0.25, -0.2) is 0 Å². The van der Waals surface area contributed by atoms with Gasteiger partial charge < -0.3 is 14.2 Å². The highest BCUT2D eigenvalue weighted by molar-refractivity contribution is 9.10. The van der Waals surface area contributed by atoms with Crippen molar-refractivity contribution in [3.63, 3.8) is 0 Å². The summed E-state index contributed by atoms with van der Waals surface area (Å²) in [4.78, 5) is 0. The van der Waals surface area contributed by atoms with Crippen molar-refractivity contribution in [3.05, 3.63) is 16.1 Å². The van der Waals surface area contributed by atoms with Crippen LogP contribution in [0.2, 0.25) is 0 Å². The van der Waals surface area contributed by atoms with E-state index in [-0.39, 0.29) is 5.92 Å². The molecule has 1 unspecified atom stereocenters. The van der Waals surface area contributed by atoms with Gasteiger partial charge in [0.1, 0.15) is 0 Å². The predicted molar refractivity (Wildman–Crippen MR) is 75.7 cm³/mol. The quantitative estimate of drug-likeness (QED) is 0.777. The van der Waals surface area contributed by atoms with E-state index in [0.29, 0.717) is 23.7 Å². The Balaban J connectivity index is 3.44. The Kier molecular flexibility index (Phi) is 5.36. The summed E-state index contributed by atoms with van der Waals surface area (Å²) < 4.78 is 16.9. The molecule has 0 amide bonds. The molecule has 0 fully saturated rings. The van der Waals surface area contributed by atoms with E-state index in [1.807, 2.05) is 6.07 Å². The molecule has 3 nitrogen and oxygen atoms in total. The van der Waals surface area contributed by atoms with Crippen LogP contribution in [0.4, 0.5) is 0 Å². The van der Waals surface area contributed by atoms with Crippen LogP contribution in [0.1, 0.15) is 24.8 Å². The largest absolute Gasteiger partial charge is 0.492 e. The van der Waals surface area contributed by atoms with E-state index >= 15 is 0 Å². The second kappa shape index (κ2) is 6.55.